The Morgan fingerprint density at radius 3 is 2.52 bits per heavy atom. The molecule has 0 saturated carbocycles. The monoisotopic (exact) mass is 300 g/mol. The maximum Gasteiger partial charge on any atom is 0.0960 e. The van der Waals surface area contributed by atoms with Gasteiger partial charge in [0.05, 0.1) is 5.03 Å². The SMILES string of the molecule is CCCNC(CSc1ccccn1)c1ccc(CC)cc1. The predicted octanol–water partition coefficient (Wildman–Crippen LogP) is 4.48. The van der Waals surface area contributed by atoms with E-state index in [0.29, 0.717) is 6.04 Å². The Morgan fingerprint density at radius 2 is 1.90 bits per heavy atom. The number of rotatable bonds is 8. The van der Waals surface area contributed by atoms with Crippen LogP contribution in [0.1, 0.15) is 37.4 Å². The summed E-state index contributed by atoms with van der Waals surface area (Å²) in [5.74, 6) is 1.00. The molecule has 1 heterocycles. The number of hydrogen-bond donors (Lipinski definition) is 1. The van der Waals surface area contributed by atoms with E-state index in [4.69, 9.17) is 0 Å². The van der Waals surface area contributed by atoms with Gasteiger partial charge in [0.15, 0.2) is 0 Å². The third-order valence-electron chi connectivity index (χ3n) is 3.47. The number of thioether (sulfide) groups is 1. The molecule has 1 aromatic heterocycles. The number of benzene rings is 1. The van der Waals surface area contributed by atoms with Crippen molar-refractivity contribution in [2.24, 2.45) is 0 Å². The molecule has 1 aromatic carbocycles. The first kappa shape index (κ1) is 16.1. The summed E-state index contributed by atoms with van der Waals surface area (Å²) < 4.78 is 0. The molecule has 3 heteroatoms. The second-order valence-electron chi connectivity index (χ2n) is 5.08. The maximum absolute atomic E-state index is 4.39. The van der Waals surface area contributed by atoms with E-state index in [1.165, 1.54) is 11.1 Å². The van der Waals surface area contributed by atoms with E-state index < -0.39 is 0 Å². The maximum atomic E-state index is 4.39. The number of aryl methyl sites for hydroxylation is 1. The van der Waals surface area contributed by atoms with Crippen molar-refractivity contribution in [1.29, 1.82) is 0 Å². The van der Waals surface area contributed by atoms with Gasteiger partial charge in [-0.2, -0.15) is 0 Å². The van der Waals surface area contributed by atoms with E-state index in [2.05, 4.69) is 54.5 Å². The normalized spacial score (nSPS) is 12.3. The first-order valence-electron chi connectivity index (χ1n) is 7.69. The Bertz CT molecular complexity index is 511. The fraction of sp³-hybridized carbons (Fsp3) is 0.389. The highest BCUT2D eigenvalue weighted by Gasteiger charge is 2.11. The molecule has 112 valence electrons. The van der Waals surface area contributed by atoms with Crippen molar-refractivity contribution in [1.82, 2.24) is 10.3 Å². The fourth-order valence-corrected chi connectivity index (χ4v) is 3.14. The fourth-order valence-electron chi connectivity index (χ4n) is 2.18. The zero-order chi connectivity index (χ0) is 14.9. The number of pyridine rings is 1. The second kappa shape index (κ2) is 8.85. The summed E-state index contributed by atoms with van der Waals surface area (Å²) in [6.45, 7) is 5.44. The van der Waals surface area contributed by atoms with Crippen LogP contribution in [0, 0.1) is 0 Å². The van der Waals surface area contributed by atoms with E-state index in [1.807, 2.05) is 30.1 Å². The molecule has 0 amide bonds. The first-order valence-corrected chi connectivity index (χ1v) is 8.68. The molecule has 1 N–H and O–H groups in total. The molecule has 0 radical (unpaired) electrons. The lowest BCUT2D eigenvalue weighted by molar-refractivity contribution is 0.577. The van der Waals surface area contributed by atoms with Crippen molar-refractivity contribution >= 4 is 11.8 Å². The summed E-state index contributed by atoms with van der Waals surface area (Å²) in [4.78, 5) is 4.39. The van der Waals surface area contributed by atoms with Gasteiger partial charge in [-0.3, -0.25) is 0 Å². The standard InChI is InChI=1S/C18H24N2S/c1-3-12-19-17(14-21-18-7-5-6-13-20-18)16-10-8-15(4-2)9-11-16/h5-11,13,17,19H,3-4,12,14H2,1-2H3. The van der Waals surface area contributed by atoms with Crippen LogP contribution in [0.5, 0.6) is 0 Å². The minimum Gasteiger partial charge on any atom is -0.309 e. The smallest absolute Gasteiger partial charge is 0.0960 e. The number of nitrogens with zero attached hydrogens (tertiary/aromatic N) is 1. The number of aromatic nitrogens is 1. The molecule has 0 saturated heterocycles. The van der Waals surface area contributed by atoms with Crippen LogP contribution in [0.25, 0.3) is 0 Å². The molecule has 0 aliphatic heterocycles. The summed E-state index contributed by atoms with van der Waals surface area (Å²) in [7, 11) is 0. The third kappa shape index (κ3) is 5.18. The van der Waals surface area contributed by atoms with Gasteiger partial charge in [-0.05, 0) is 42.6 Å². The average molecular weight is 300 g/mol. The molecule has 0 spiro atoms. The molecule has 0 aliphatic carbocycles. The topological polar surface area (TPSA) is 24.9 Å². The van der Waals surface area contributed by atoms with E-state index in [0.717, 1.165) is 30.2 Å². The molecule has 0 fully saturated rings. The second-order valence-corrected chi connectivity index (χ2v) is 6.12. The molecular formula is C18H24N2S. The van der Waals surface area contributed by atoms with Crippen LogP contribution < -0.4 is 5.32 Å². The highest BCUT2D eigenvalue weighted by Crippen LogP contribution is 2.23. The van der Waals surface area contributed by atoms with E-state index in [1.54, 1.807) is 0 Å². The third-order valence-corrected chi connectivity index (χ3v) is 4.50. The van der Waals surface area contributed by atoms with Gasteiger partial charge in [-0.25, -0.2) is 4.98 Å². The summed E-state index contributed by atoms with van der Waals surface area (Å²) in [6.07, 6.45) is 4.10. The predicted molar refractivity (Wildman–Crippen MR) is 91.8 cm³/mol. The van der Waals surface area contributed by atoms with Gasteiger partial charge < -0.3 is 5.32 Å². The zero-order valence-electron chi connectivity index (χ0n) is 12.9. The molecule has 1 unspecified atom stereocenters. The average Bonchev–Trinajstić information content (AvgIpc) is 2.56. The summed E-state index contributed by atoms with van der Waals surface area (Å²) in [6, 6.07) is 15.4. The van der Waals surface area contributed by atoms with Crippen molar-refractivity contribution in [3.8, 4) is 0 Å². The zero-order valence-corrected chi connectivity index (χ0v) is 13.7. The molecule has 0 bridgehead atoms. The number of hydrogen-bond acceptors (Lipinski definition) is 3. The van der Waals surface area contributed by atoms with Crippen molar-refractivity contribution in [2.75, 3.05) is 12.3 Å². The minimum absolute atomic E-state index is 0.378. The summed E-state index contributed by atoms with van der Waals surface area (Å²) >= 11 is 1.81. The van der Waals surface area contributed by atoms with E-state index in [-0.39, 0.29) is 0 Å². The largest absolute Gasteiger partial charge is 0.309 e. The quantitative estimate of drug-likeness (QED) is 0.728. The minimum atomic E-state index is 0.378. The van der Waals surface area contributed by atoms with Crippen LogP contribution in [-0.2, 0) is 6.42 Å². The van der Waals surface area contributed by atoms with Crippen LogP contribution in [0.15, 0.2) is 53.7 Å². The van der Waals surface area contributed by atoms with E-state index in [9.17, 15) is 0 Å². The lowest BCUT2D eigenvalue weighted by atomic mass is 10.0. The molecule has 2 aromatic rings. The van der Waals surface area contributed by atoms with Gasteiger partial charge in [0, 0.05) is 18.0 Å². The van der Waals surface area contributed by atoms with Gasteiger partial charge >= 0.3 is 0 Å². The summed E-state index contributed by atoms with van der Waals surface area (Å²) in [5.41, 5.74) is 2.76. The highest BCUT2D eigenvalue weighted by atomic mass is 32.2. The Balaban J connectivity index is 2.02. The van der Waals surface area contributed by atoms with Crippen molar-refractivity contribution < 1.29 is 0 Å². The molecule has 2 nitrogen and oxygen atoms in total. The Labute approximate surface area is 132 Å². The van der Waals surface area contributed by atoms with Gasteiger partial charge in [0.25, 0.3) is 0 Å². The first-order chi connectivity index (χ1) is 10.3. The Morgan fingerprint density at radius 1 is 1.10 bits per heavy atom. The van der Waals surface area contributed by atoms with E-state index >= 15 is 0 Å². The van der Waals surface area contributed by atoms with Crippen molar-refractivity contribution in [3.05, 3.63) is 59.8 Å². The molecule has 1 atom stereocenters. The lowest BCUT2D eigenvalue weighted by Crippen LogP contribution is -2.24. The molecule has 2 rings (SSSR count). The summed E-state index contributed by atoms with van der Waals surface area (Å²) in [5, 5.41) is 4.73. The Kier molecular flexibility index (Phi) is 6.77. The van der Waals surface area contributed by atoms with Gasteiger partial charge in [-0.15, -0.1) is 11.8 Å². The van der Waals surface area contributed by atoms with Gasteiger partial charge in [0.1, 0.15) is 0 Å². The van der Waals surface area contributed by atoms with Crippen LogP contribution in [0.4, 0.5) is 0 Å². The van der Waals surface area contributed by atoms with Gasteiger partial charge in [0.2, 0.25) is 0 Å². The molecule has 0 aliphatic rings. The van der Waals surface area contributed by atoms with Crippen molar-refractivity contribution in [2.45, 2.75) is 37.8 Å². The highest BCUT2D eigenvalue weighted by molar-refractivity contribution is 7.99. The lowest BCUT2D eigenvalue weighted by Gasteiger charge is -2.19. The number of nitrogens with one attached hydrogen (secondary N) is 1. The van der Waals surface area contributed by atoms with Crippen LogP contribution >= 0.6 is 11.8 Å². The molecular weight excluding hydrogens is 276 g/mol. The Hall–Kier alpha value is -1.32. The van der Waals surface area contributed by atoms with Crippen molar-refractivity contribution in [3.63, 3.8) is 0 Å². The van der Waals surface area contributed by atoms with Gasteiger partial charge in [-0.1, -0.05) is 44.2 Å². The molecule has 21 heavy (non-hydrogen) atoms. The van der Waals surface area contributed by atoms with Crippen LogP contribution in [0.2, 0.25) is 0 Å². The van der Waals surface area contributed by atoms with Crippen LogP contribution in [-0.4, -0.2) is 17.3 Å². The van der Waals surface area contributed by atoms with Crippen LogP contribution in [0.3, 0.4) is 0 Å².